The van der Waals surface area contributed by atoms with Crippen LogP contribution < -0.4 is 10.6 Å². The lowest BCUT2D eigenvalue weighted by molar-refractivity contribution is -0.134. The number of piperidine rings is 1. The van der Waals surface area contributed by atoms with Crippen molar-refractivity contribution in [3.8, 4) is 0 Å². The predicted molar refractivity (Wildman–Crippen MR) is 122 cm³/mol. The highest BCUT2D eigenvalue weighted by atomic mass is 16.6. The van der Waals surface area contributed by atoms with Crippen molar-refractivity contribution in [1.29, 1.82) is 0 Å². The van der Waals surface area contributed by atoms with Crippen LogP contribution in [0, 0.1) is 5.92 Å². The van der Waals surface area contributed by atoms with Crippen molar-refractivity contribution < 1.29 is 14.3 Å². The van der Waals surface area contributed by atoms with Gasteiger partial charge in [-0.1, -0.05) is 12.8 Å². The first-order valence-corrected chi connectivity index (χ1v) is 12.0. The normalized spacial score (nSPS) is 25.6. The summed E-state index contributed by atoms with van der Waals surface area (Å²) in [5, 5.41) is 6.87. The first-order chi connectivity index (χ1) is 14.8. The third-order valence-electron chi connectivity index (χ3n) is 6.53. The summed E-state index contributed by atoms with van der Waals surface area (Å²) in [7, 11) is 1.76. The molecule has 3 rings (SSSR count). The molecule has 2 N–H and O–H groups in total. The van der Waals surface area contributed by atoms with Crippen LogP contribution in [0.3, 0.4) is 0 Å². The third-order valence-corrected chi connectivity index (χ3v) is 6.53. The van der Waals surface area contributed by atoms with Gasteiger partial charge in [-0.25, -0.2) is 4.79 Å². The second kappa shape index (κ2) is 10.6. The van der Waals surface area contributed by atoms with Crippen LogP contribution in [0.1, 0.15) is 72.1 Å². The highest BCUT2D eigenvalue weighted by Gasteiger charge is 2.33. The van der Waals surface area contributed by atoms with Gasteiger partial charge in [0, 0.05) is 45.2 Å². The molecular formula is C23H41N5O3. The van der Waals surface area contributed by atoms with E-state index in [1.807, 2.05) is 30.6 Å². The van der Waals surface area contributed by atoms with Gasteiger partial charge in [0.25, 0.3) is 0 Å². The number of carbonyl (C=O) groups is 2. The summed E-state index contributed by atoms with van der Waals surface area (Å²) in [5.41, 5.74) is -0.492. The number of hydrogen-bond acceptors (Lipinski definition) is 4. The van der Waals surface area contributed by atoms with Crippen molar-refractivity contribution in [2.45, 2.75) is 89.8 Å². The Balaban J connectivity index is 1.47. The number of likely N-dealkylation sites (tertiary alicyclic amines) is 2. The fourth-order valence-corrected chi connectivity index (χ4v) is 4.89. The Morgan fingerprint density at radius 1 is 1.03 bits per heavy atom. The summed E-state index contributed by atoms with van der Waals surface area (Å²) < 4.78 is 5.60. The van der Waals surface area contributed by atoms with Crippen molar-refractivity contribution in [2.24, 2.45) is 10.9 Å². The van der Waals surface area contributed by atoms with Gasteiger partial charge < -0.3 is 25.2 Å². The van der Waals surface area contributed by atoms with E-state index in [-0.39, 0.29) is 24.1 Å². The summed E-state index contributed by atoms with van der Waals surface area (Å²) in [6.45, 7) is 8.62. The number of carbonyl (C=O) groups excluding carboxylic acids is 2. The van der Waals surface area contributed by atoms with Crippen molar-refractivity contribution in [1.82, 2.24) is 20.4 Å². The minimum Gasteiger partial charge on any atom is -0.444 e. The topological polar surface area (TPSA) is 86.3 Å². The molecule has 0 aromatic heterocycles. The number of rotatable bonds is 4. The molecule has 3 fully saturated rings. The number of ether oxygens (including phenoxy) is 1. The van der Waals surface area contributed by atoms with Gasteiger partial charge in [0.05, 0.1) is 6.04 Å². The molecule has 0 spiro atoms. The van der Waals surface area contributed by atoms with Crippen LogP contribution >= 0.6 is 0 Å². The van der Waals surface area contributed by atoms with Crippen molar-refractivity contribution >= 4 is 18.0 Å². The van der Waals surface area contributed by atoms with Gasteiger partial charge in [-0.2, -0.15) is 0 Å². The lowest BCUT2D eigenvalue weighted by Crippen LogP contribution is -2.53. The molecule has 2 amide bonds. The molecule has 1 aliphatic carbocycles. The molecule has 2 unspecified atom stereocenters. The Morgan fingerprint density at radius 3 is 2.42 bits per heavy atom. The van der Waals surface area contributed by atoms with Crippen molar-refractivity contribution in [3.63, 3.8) is 0 Å². The second-order valence-electron chi connectivity index (χ2n) is 10.2. The van der Waals surface area contributed by atoms with E-state index in [9.17, 15) is 9.59 Å². The standard InChI is InChI=1S/C23H41N5O3/c1-23(2,3)31-22(30)28-13-8-7-11-19(28)15-25-21(24-4)26-18-12-14-27(16-18)20(29)17-9-5-6-10-17/h17-19H,5-16H2,1-4H3,(H2,24,25,26). The Bertz CT molecular complexity index is 654. The molecule has 2 aliphatic heterocycles. The molecule has 0 aromatic rings. The van der Waals surface area contributed by atoms with E-state index >= 15 is 0 Å². The zero-order valence-corrected chi connectivity index (χ0v) is 19.8. The average Bonchev–Trinajstić information content (AvgIpc) is 3.42. The number of amides is 2. The maximum atomic E-state index is 12.7. The maximum absolute atomic E-state index is 12.7. The molecule has 3 aliphatic rings. The van der Waals surface area contributed by atoms with Crippen LogP contribution in [0.2, 0.25) is 0 Å². The van der Waals surface area contributed by atoms with Crippen LogP contribution in [-0.4, -0.2) is 78.7 Å². The minimum atomic E-state index is -0.492. The van der Waals surface area contributed by atoms with Gasteiger partial charge in [-0.05, 0) is 59.3 Å². The zero-order valence-electron chi connectivity index (χ0n) is 19.8. The van der Waals surface area contributed by atoms with Crippen LogP contribution in [0.4, 0.5) is 4.79 Å². The fourth-order valence-electron chi connectivity index (χ4n) is 4.89. The molecular weight excluding hydrogens is 394 g/mol. The first kappa shape index (κ1) is 23.7. The van der Waals surface area contributed by atoms with Gasteiger partial charge in [0.15, 0.2) is 5.96 Å². The van der Waals surface area contributed by atoms with Crippen LogP contribution in [0.5, 0.6) is 0 Å². The number of guanidine groups is 1. The minimum absolute atomic E-state index is 0.0890. The Morgan fingerprint density at radius 2 is 1.74 bits per heavy atom. The molecule has 176 valence electrons. The van der Waals surface area contributed by atoms with Gasteiger partial charge in [0.1, 0.15) is 5.60 Å². The monoisotopic (exact) mass is 435 g/mol. The van der Waals surface area contributed by atoms with Crippen molar-refractivity contribution in [3.05, 3.63) is 0 Å². The summed E-state index contributed by atoms with van der Waals surface area (Å²) in [5.74, 6) is 1.30. The molecule has 2 saturated heterocycles. The molecule has 31 heavy (non-hydrogen) atoms. The fraction of sp³-hybridized carbons (Fsp3) is 0.870. The van der Waals surface area contributed by atoms with Crippen LogP contribution in [-0.2, 0) is 9.53 Å². The molecule has 8 nitrogen and oxygen atoms in total. The van der Waals surface area contributed by atoms with E-state index in [2.05, 4.69) is 15.6 Å². The first-order valence-electron chi connectivity index (χ1n) is 12.0. The molecule has 2 atom stereocenters. The summed E-state index contributed by atoms with van der Waals surface area (Å²) >= 11 is 0. The largest absolute Gasteiger partial charge is 0.444 e. The van der Waals surface area contributed by atoms with Crippen molar-refractivity contribution in [2.75, 3.05) is 33.2 Å². The molecule has 0 radical (unpaired) electrons. The van der Waals surface area contributed by atoms with Gasteiger partial charge >= 0.3 is 6.09 Å². The average molecular weight is 436 g/mol. The van der Waals surface area contributed by atoms with E-state index in [0.29, 0.717) is 12.5 Å². The zero-order chi connectivity index (χ0) is 22.4. The molecule has 8 heteroatoms. The Kier molecular flexibility index (Phi) is 8.06. The van der Waals surface area contributed by atoms with E-state index in [1.54, 1.807) is 7.05 Å². The molecule has 0 bridgehead atoms. The number of nitrogens with one attached hydrogen (secondary N) is 2. The molecule has 2 heterocycles. The lowest BCUT2D eigenvalue weighted by Gasteiger charge is -2.37. The van der Waals surface area contributed by atoms with E-state index < -0.39 is 5.60 Å². The number of aliphatic imine (C=N–C) groups is 1. The summed E-state index contributed by atoms with van der Waals surface area (Å²) in [6, 6.07) is 0.302. The number of hydrogen-bond donors (Lipinski definition) is 2. The SMILES string of the molecule is CN=C(NCC1CCCCN1C(=O)OC(C)(C)C)NC1CCN(C(=O)C2CCCC2)C1. The predicted octanol–water partition coefficient (Wildman–Crippen LogP) is 2.73. The van der Waals surface area contributed by atoms with Crippen LogP contribution in [0.25, 0.3) is 0 Å². The van der Waals surface area contributed by atoms with Gasteiger partial charge in [-0.3, -0.25) is 9.79 Å². The molecule has 0 aromatic carbocycles. The number of nitrogens with zero attached hydrogens (tertiary/aromatic N) is 3. The summed E-state index contributed by atoms with van der Waals surface area (Å²) in [6.07, 6.45) is 8.24. The molecule has 1 saturated carbocycles. The smallest absolute Gasteiger partial charge is 0.410 e. The quantitative estimate of drug-likeness (QED) is 0.524. The Labute approximate surface area is 187 Å². The lowest BCUT2D eigenvalue weighted by atomic mass is 10.0. The Hall–Kier alpha value is -1.99. The third kappa shape index (κ3) is 6.74. The highest BCUT2D eigenvalue weighted by Crippen LogP contribution is 2.28. The summed E-state index contributed by atoms with van der Waals surface area (Å²) in [4.78, 5) is 33.5. The highest BCUT2D eigenvalue weighted by molar-refractivity contribution is 5.81. The van der Waals surface area contributed by atoms with Gasteiger partial charge in [-0.15, -0.1) is 0 Å². The van der Waals surface area contributed by atoms with E-state index in [0.717, 1.165) is 64.1 Å². The maximum Gasteiger partial charge on any atom is 0.410 e. The van der Waals surface area contributed by atoms with E-state index in [1.165, 1.54) is 12.8 Å². The van der Waals surface area contributed by atoms with E-state index in [4.69, 9.17) is 4.74 Å². The second-order valence-corrected chi connectivity index (χ2v) is 10.2. The van der Waals surface area contributed by atoms with Crippen LogP contribution in [0.15, 0.2) is 4.99 Å². The van der Waals surface area contributed by atoms with Gasteiger partial charge in [0.2, 0.25) is 5.91 Å².